The molecule has 0 spiro atoms. The van der Waals surface area contributed by atoms with Crippen LogP contribution in [0.5, 0.6) is 0 Å². The summed E-state index contributed by atoms with van der Waals surface area (Å²) in [4.78, 5) is 31.4. The molecule has 0 bridgehead atoms. The van der Waals surface area contributed by atoms with Crippen molar-refractivity contribution < 1.29 is 18.1 Å². The van der Waals surface area contributed by atoms with Crippen molar-refractivity contribution in [2.75, 3.05) is 35.8 Å². The zero-order valence-corrected chi connectivity index (χ0v) is 20.2. The van der Waals surface area contributed by atoms with Crippen LogP contribution in [-0.2, 0) is 10.0 Å². The fraction of sp³-hybridized carbons (Fsp3) is 0.250. The minimum Gasteiger partial charge on any atom is -0.353 e. The average Bonchev–Trinajstić information content (AvgIpc) is 2.85. The average molecular weight is 496 g/mol. The first kappa shape index (κ1) is 24.1. The highest BCUT2D eigenvalue weighted by molar-refractivity contribution is 7.92. The standard InChI is InChI=1S/C24H25N5O5S/c1-17-3-6-19(7-4-17)26-35(33,34)21-9-5-18(2)22(15-21)24(30)28-13-11-27(12-14-28)23-10-8-20(16-25-23)29(31)32/h3-10,15-16,26H,11-14H2,1-2H3. The predicted octanol–water partition coefficient (Wildman–Crippen LogP) is 3.37. The Labute approximate surface area is 203 Å². The van der Waals surface area contributed by atoms with Gasteiger partial charge in [0, 0.05) is 43.5 Å². The van der Waals surface area contributed by atoms with Crippen LogP contribution < -0.4 is 9.62 Å². The first-order valence-electron chi connectivity index (χ1n) is 11.0. The van der Waals surface area contributed by atoms with Crippen LogP contribution in [0.1, 0.15) is 21.5 Å². The van der Waals surface area contributed by atoms with Gasteiger partial charge in [0.25, 0.3) is 21.6 Å². The molecular formula is C24H25N5O5S. The van der Waals surface area contributed by atoms with Crippen molar-refractivity contribution in [1.82, 2.24) is 9.88 Å². The quantitative estimate of drug-likeness (QED) is 0.410. The van der Waals surface area contributed by atoms with Crippen molar-refractivity contribution >= 4 is 33.1 Å². The molecule has 1 aliphatic rings. The molecule has 1 aromatic heterocycles. The molecule has 0 atom stereocenters. The molecule has 0 aliphatic carbocycles. The Bertz CT molecular complexity index is 1350. The minimum absolute atomic E-state index is 0.0146. The monoisotopic (exact) mass is 495 g/mol. The van der Waals surface area contributed by atoms with E-state index in [1.807, 2.05) is 24.0 Å². The van der Waals surface area contributed by atoms with Crippen LogP contribution in [0.2, 0.25) is 0 Å². The molecule has 1 amide bonds. The molecule has 11 heteroatoms. The van der Waals surface area contributed by atoms with Gasteiger partial charge in [0.15, 0.2) is 0 Å². The van der Waals surface area contributed by atoms with Crippen molar-refractivity contribution in [3.63, 3.8) is 0 Å². The Morgan fingerprint density at radius 1 is 1.00 bits per heavy atom. The lowest BCUT2D eigenvalue weighted by molar-refractivity contribution is -0.385. The summed E-state index contributed by atoms with van der Waals surface area (Å²) in [7, 11) is -3.87. The zero-order valence-electron chi connectivity index (χ0n) is 19.3. The van der Waals surface area contributed by atoms with Crippen molar-refractivity contribution in [1.29, 1.82) is 0 Å². The highest BCUT2D eigenvalue weighted by Gasteiger charge is 2.26. The second-order valence-corrected chi connectivity index (χ2v) is 10.0. The van der Waals surface area contributed by atoms with Gasteiger partial charge in [0.2, 0.25) is 0 Å². The summed E-state index contributed by atoms with van der Waals surface area (Å²) >= 11 is 0. The molecule has 1 fully saturated rings. The summed E-state index contributed by atoms with van der Waals surface area (Å²) in [6.07, 6.45) is 1.22. The number of benzene rings is 2. The van der Waals surface area contributed by atoms with Crippen molar-refractivity contribution in [3.8, 4) is 0 Å². The van der Waals surface area contributed by atoms with Crippen LogP contribution in [0.4, 0.5) is 17.2 Å². The number of pyridine rings is 1. The van der Waals surface area contributed by atoms with E-state index < -0.39 is 14.9 Å². The molecule has 182 valence electrons. The van der Waals surface area contributed by atoms with Gasteiger partial charge in [-0.05, 0) is 49.7 Å². The maximum atomic E-state index is 13.3. The Kier molecular flexibility index (Phi) is 6.70. The lowest BCUT2D eigenvalue weighted by Crippen LogP contribution is -2.49. The molecular weight excluding hydrogens is 470 g/mol. The van der Waals surface area contributed by atoms with Gasteiger partial charge in [-0.1, -0.05) is 23.8 Å². The zero-order chi connectivity index (χ0) is 25.2. The first-order valence-corrected chi connectivity index (χ1v) is 12.5. The minimum atomic E-state index is -3.87. The van der Waals surface area contributed by atoms with Crippen LogP contribution in [-0.4, -0.2) is 55.3 Å². The molecule has 3 aromatic rings. The lowest BCUT2D eigenvalue weighted by Gasteiger charge is -2.35. The second-order valence-electron chi connectivity index (χ2n) is 8.36. The van der Waals surface area contributed by atoms with E-state index in [1.165, 1.54) is 24.4 Å². The number of hydrogen-bond acceptors (Lipinski definition) is 7. The SMILES string of the molecule is Cc1ccc(NS(=O)(=O)c2ccc(C)c(C(=O)N3CCN(c4ccc([N+](=O)[O-])cn4)CC3)c2)cc1. The molecule has 1 N–H and O–H groups in total. The van der Waals surface area contributed by atoms with Crippen LogP contribution >= 0.6 is 0 Å². The van der Waals surface area contributed by atoms with Gasteiger partial charge >= 0.3 is 0 Å². The molecule has 0 saturated carbocycles. The number of rotatable bonds is 6. The fourth-order valence-corrected chi connectivity index (χ4v) is 4.90. The summed E-state index contributed by atoms with van der Waals surface area (Å²) < 4.78 is 28.4. The molecule has 0 unspecified atom stereocenters. The summed E-state index contributed by atoms with van der Waals surface area (Å²) in [5, 5.41) is 10.8. The van der Waals surface area contributed by atoms with E-state index in [1.54, 1.807) is 36.1 Å². The number of anilines is 2. The molecule has 2 aromatic carbocycles. The van der Waals surface area contributed by atoms with Crippen molar-refractivity contribution in [2.45, 2.75) is 18.7 Å². The van der Waals surface area contributed by atoms with Crippen LogP contribution in [0.25, 0.3) is 0 Å². The number of nitrogens with one attached hydrogen (secondary N) is 1. The van der Waals surface area contributed by atoms with Gasteiger partial charge in [0.05, 0.1) is 9.82 Å². The van der Waals surface area contributed by atoms with Gasteiger partial charge in [-0.2, -0.15) is 0 Å². The van der Waals surface area contributed by atoms with E-state index >= 15 is 0 Å². The maximum absolute atomic E-state index is 13.3. The normalized spacial score (nSPS) is 14.0. The van der Waals surface area contributed by atoms with Crippen molar-refractivity contribution in [3.05, 3.63) is 87.6 Å². The summed E-state index contributed by atoms with van der Waals surface area (Å²) in [6.45, 7) is 5.52. The summed E-state index contributed by atoms with van der Waals surface area (Å²) in [5.74, 6) is 0.361. The largest absolute Gasteiger partial charge is 0.353 e. The summed E-state index contributed by atoms with van der Waals surface area (Å²) in [6, 6.07) is 14.5. The smallest absolute Gasteiger partial charge is 0.287 e. The number of nitrogens with zero attached hydrogens (tertiary/aromatic N) is 4. The van der Waals surface area contributed by atoms with Crippen LogP contribution in [0, 0.1) is 24.0 Å². The van der Waals surface area contributed by atoms with Crippen LogP contribution in [0.15, 0.2) is 65.7 Å². The number of aromatic nitrogens is 1. The number of piperazine rings is 1. The van der Waals surface area contributed by atoms with Gasteiger partial charge in [-0.3, -0.25) is 19.6 Å². The highest BCUT2D eigenvalue weighted by Crippen LogP contribution is 2.22. The molecule has 0 radical (unpaired) electrons. The number of nitro groups is 1. The molecule has 1 saturated heterocycles. The Morgan fingerprint density at radius 2 is 1.69 bits per heavy atom. The Hall–Kier alpha value is -3.99. The summed E-state index contributed by atoms with van der Waals surface area (Å²) in [5.41, 5.74) is 2.40. The second kappa shape index (κ2) is 9.71. The maximum Gasteiger partial charge on any atom is 0.287 e. The Balaban J connectivity index is 1.46. The van der Waals surface area contributed by atoms with Gasteiger partial charge in [-0.25, -0.2) is 13.4 Å². The predicted molar refractivity (Wildman–Crippen MR) is 132 cm³/mol. The topological polar surface area (TPSA) is 126 Å². The third kappa shape index (κ3) is 5.40. The van der Waals surface area contributed by atoms with Gasteiger partial charge in [0.1, 0.15) is 12.0 Å². The number of amides is 1. The number of hydrogen-bond donors (Lipinski definition) is 1. The fourth-order valence-electron chi connectivity index (χ4n) is 3.82. The molecule has 2 heterocycles. The third-order valence-electron chi connectivity index (χ3n) is 5.89. The van der Waals surface area contributed by atoms with E-state index in [0.29, 0.717) is 48.8 Å². The van der Waals surface area contributed by atoms with E-state index in [-0.39, 0.29) is 16.5 Å². The highest BCUT2D eigenvalue weighted by atomic mass is 32.2. The molecule has 10 nitrogen and oxygen atoms in total. The number of aryl methyl sites for hydroxylation is 2. The first-order chi connectivity index (χ1) is 16.6. The van der Waals surface area contributed by atoms with E-state index in [4.69, 9.17) is 0 Å². The third-order valence-corrected chi connectivity index (χ3v) is 7.27. The molecule has 35 heavy (non-hydrogen) atoms. The molecule has 1 aliphatic heterocycles. The van der Waals surface area contributed by atoms with E-state index in [9.17, 15) is 23.3 Å². The van der Waals surface area contributed by atoms with Crippen molar-refractivity contribution in [2.24, 2.45) is 0 Å². The number of sulfonamides is 1. The van der Waals surface area contributed by atoms with E-state index in [0.717, 1.165) is 5.56 Å². The van der Waals surface area contributed by atoms with Crippen LogP contribution in [0.3, 0.4) is 0 Å². The van der Waals surface area contributed by atoms with Gasteiger partial charge < -0.3 is 9.80 Å². The van der Waals surface area contributed by atoms with Gasteiger partial charge in [-0.15, -0.1) is 0 Å². The number of carbonyl (C=O) groups excluding carboxylic acids is 1. The molecule has 4 rings (SSSR count). The Morgan fingerprint density at radius 3 is 2.29 bits per heavy atom. The van der Waals surface area contributed by atoms with E-state index in [2.05, 4.69) is 9.71 Å². The lowest BCUT2D eigenvalue weighted by atomic mass is 10.1. The number of carbonyl (C=O) groups is 1.